The number of methoxy groups -OCH3 is 1. The number of thiazole rings is 1. The molecule has 0 aliphatic rings. The lowest BCUT2D eigenvalue weighted by molar-refractivity contribution is 0.398. The molecule has 0 saturated heterocycles. The molecule has 0 aliphatic heterocycles. The molecular formula is C10H10N2OS. The molecule has 2 heterocycles. The van der Waals surface area contributed by atoms with Gasteiger partial charge in [-0.25, -0.2) is 0 Å². The molecule has 14 heavy (non-hydrogen) atoms. The van der Waals surface area contributed by atoms with Crippen molar-refractivity contribution in [3.63, 3.8) is 0 Å². The van der Waals surface area contributed by atoms with Gasteiger partial charge >= 0.3 is 0 Å². The van der Waals surface area contributed by atoms with Crippen LogP contribution in [0.5, 0.6) is 5.88 Å². The lowest BCUT2D eigenvalue weighted by atomic mass is 10.4. The summed E-state index contributed by atoms with van der Waals surface area (Å²) >= 11 is 1.59. The van der Waals surface area contributed by atoms with Crippen LogP contribution in [0.2, 0.25) is 0 Å². The quantitative estimate of drug-likeness (QED) is 0.757. The monoisotopic (exact) mass is 206 g/mol. The van der Waals surface area contributed by atoms with Gasteiger partial charge in [-0.05, 0) is 19.1 Å². The summed E-state index contributed by atoms with van der Waals surface area (Å²) < 4.78 is 5.12. The van der Waals surface area contributed by atoms with E-state index in [0.717, 1.165) is 15.6 Å². The molecule has 0 amide bonds. The van der Waals surface area contributed by atoms with Crippen LogP contribution in [-0.2, 0) is 0 Å². The highest BCUT2D eigenvalue weighted by Crippen LogP contribution is 2.29. The van der Waals surface area contributed by atoms with Gasteiger partial charge in [0, 0.05) is 6.20 Å². The van der Waals surface area contributed by atoms with Crippen LogP contribution in [0.25, 0.3) is 10.7 Å². The van der Waals surface area contributed by atoms with Gasteiger partial charge in [-0.1, -0.05) is 6.07 Å². The molecule has 0 aliphatic carbocycles. The van der Waals surface area contributed by atoms with Gasteiger partial charge in [0.25, 0.3) is 0 Å². The molecule has 2 rings (SSSR count). The fourth-order valence-corrected chi connectivity index (χ4v) is 2.03. The normalized spacial score (nSPS) is 10.1. The third-order valence-electron chi connectivity index (χ3n) is 1.83. The predicted octanol–water partition coefficient (Wildman–Crippen LogP) is 2.52. The minimum Gasteiger partial charge on any atom is -0.480 e. The van der Waals surface area contributed by atoms with E-state index in [1.54, 1.807) is 24.6 Å². The Morgan fingerprint density at radius 1 is 1.36 bits per heavy atom. The number of ether oxygens (including phenoxy) is 1. The van der Waals surface area contributed by atoms with E-state index in [2.05, 4.69) is 9.97 Å². The first-order valence-corrected chi connectivity index (χ1v) is 5.05. The third kappa shape index (κ3) is 1.61. The molecule has 0 N–H and O–H groups in total. The zero-order chi connectivity index (χ0) is 9.97. The molecule has 0 aromatic carbocycles. The maximum Gasteiger partial charge on any atom is 0.227 e. The van der Waals surface area contributed by atoms with Gasteiger partial charge in [-0.15, -0.1) is 11.3 Å². The highest BCUT2D eigenvalue weighted by molar-refractivity contribution is 7.15. The van der Waals surface area contributed by atoms with Crippen LogP contribution in [0.15, 0.2) is 24.4 Å². The molecule has 2 aromatic heterocycles. The summed E-state index contributed by atoms with van der Waals surface area (Å²) in [7, 11) is 1.63. The average molecular weight is 206 g/mol. The lowest BCUT2D eigenvalue weighted by Crippen LogP contribution is -1.85. The number of hydrogen-bond donors (Lipinski definition) is 0. The van der Waals surface area contributed by atoms with Crippen molar-refractivity contribution in [1.29, 1.82) is 0 Å². The Labute approximate surface area is 86.4 Å². The number of hydrogen-bond acceptors (Lipinski definition) is 4. The first-order valence-electron chi connectivity index (χ1n) is 4.24. The van der Waals surface area contributed by atoms with Crippen LogP contribution >= 0.6 is 11.3 Å². The van der Waals surface area contributed by atoms with Gasteiger partial charge in [0.2, 0.25) is 5.88 Å². The summed E-state index contributed by atoms with van der Waals surface area (Å²) in [5.74, 6) is 0.690. The topological polar surface area (TPSA) is 35.0 Å². The molecular weight excluding hydrogens is 196 g/mol. The van der Waals surface area contributed by atoms with Crippen molar-refractivity contribution in [2.75, 3.05) is 7.11 Å². The summed E-state index contributed by atoms with van der Waals surface area (Å²) in [6.45, 7) is 1.99. The van der Waals surface area contributed by atoms with E-state index in [1.807, 2.05) is 25.1 Å². The van der Waals surface area contributed by atoms with E-state index < -0.39 is 0 Å². The molecule has 4 heteroatoms. The lowest BCUT2D eigenvalue weighted by Gasteiger charge is -1.92. The summed E-state index contributed by atoms with van der Waals surface area (Å²) in [6, 6.07) is 5.78. The van der Waals surface area contributed by atoms with Crippen molar-refractivity contribution in [3.8, 4) is 16.6 Å². The van der Waals surface area contributed by atoms with E-state index >= 15 is 0 Å². The van der Waals surface area contributed by atoms with Crippen molar-refractivity contribution >= 4 is 11.3 Å². The molecule has 0 unspecified atom stereocenters. The highest BCUT2D eigenvalue weighted by atomic mass is 32.1. The van der Waals surface area contributed by atoms with E-state index in [1.165, 1.54) is 0 Å². The second kappa shape index (κ2) is 3.75. The zero-order valence-electron chi connectivity index (χ0n) is 8.02. The SMILES string of the molecule is COc1nc(-c2ccccn2)sc1C. The number of aromatic nitrogens is 2. The molecule has 2 aromatic rings. The molecule has 0 atom stereocenters. The predicted molar refractivity (Wildman–Crippen MR) is 56.6 cm³/mol. The van der Waals surface area contributed by atoms with Gasteiger partial charge in [0.15, 0.2) is 0 Å². The first-order chi connectivity index (χ1) is 6.81. The van der Waals surface area contributed by atoms with E-state index in [-0.39, 0.29) is 0 Å². The Balaban J connectivity index is 2.43. The number of nitrogens with zero attached hydrogens (tertiary/aromatic N) is 2. The fourth-order valence-electron chi connectivity index (χ4n) is 1.17. The zero-order valence-corrected chi connectivity index (χ0v) is 8.84. The summed E-state index contributed by atoms with van der Waals surface area (Å²) in [5.41, 5.74) is 0.893. The van der Waals surface area contributed by atoms with Gasteiger partial charge in [0.05, 0.1) is 17.7 Å². The van der Waals surface area contributed by atoms with Gasteiger partial charge in [-0.2, -0.15) is 4.98 Å². The van der Waals surface area contributed by atoms with Crippen LogP contribution in [0.1, 0.15) is 4.88 Å². The molecule has 3 nitrogen and oxygen atoms in total. The van der Waals surface area contributed by atoms with Crippen LogP contribution in [0, 0.1) is 6.92 Å². The molecule has 0 radical (unpaired) electrons. The second-order valence-electron chi connectivity index (χ2n) is 2.80. The van der Waals surface area contributed by atoms with Crippen molar-refractivity contribution in [3.05, 3.63) is 29.3 Å². The maximum absolute atomic E-state index is 5.12. The van der Waals surface area contributed by atoms with Crippen molar-refractivity contribution in [2.45, 2.75) is 6.92 Å². The minimum absolute atomic E-state index is 0.690. The number of pyridine rings is 1. The van der Waals surface area contributed by atoms with Crippen LogP contribution < -0.4 is 4.74 Å². The maximum atomic E-state index is 5.12. The Bertz CT molecular complexity index is 425. The fraction of sp³-hybridized carbons (Fsp3) is 0.200. The summed E-state index contributed by atoms with van der Waals surface area (Å²) in [6.07, 6.45) is 1.76. The van der Waals surface area contributed by atoms with Crippen LogP contribution in [-0.4, -0.2) is 17.1 Å². The first kappa shape index (κ1) is 9.15. The number of aryl methyl sites for hydroxylation is 1. The van der Waals surface area contributed by atoms with Gasteiger partial charge in [-0.3, -0.25) is 4.98 Å². The molecule has 0 spiro atoms. The van der Waals surface area contributed by atoms with Crippen LogP contribution in [0.3, 0.4) is 0 Å². The highest BCUT2D eigenvalue weighted by Gasteiger charge is 2.09. The third-order valence-corrected chi connectivity index (χ3v) is 2.81. The van der Waals surface area contributed by atoms with Gasteiger partial charge in [0.1, 0.15) is 5.01 Å². The molecule has 0 fully saturated rings. The molecule has 72 valence electrons. The van der Waals surface area contributed by atoms with Crippen molar-refractivity contribution in [2.24, 2.45) is 0 Å². The summed E-state index contributed by atoms with van der Waals surface area (Å²) in [5, 5.41) is 0.903. The van der Waals surface area contributed by atoms with Crippen molar-refractivity contribution < 1.29 is 4.74 Å². The summed E-state index contributed by atoms with van der Waals surface area (Å²) in [4.78, 5) is 9.64. The standard InChI is InChI=1S/C10H10N2OS/c1-7-9(13-2)12-10(14-7)8-5-3-4-6-11-8/h3-6H,1-2H3. The smallest absolute Gasteiger partial charge is 0.227 e. The van der Waals surface area contributed by atoms with E-state index in [4.69, 9.17) is 4.74 Å². The van der Waals surface area contributed by atoms with E-state index in [0.29, 0.717) is 5.88 Å². The Morgan fingerprint density at radius 3 is 2.79 bits per heavy atom. The number of rotatable bonds is 2. The second-order valence-corrected chi connectivity index (χ2v) is 4.00. The van der Waals surface area contributed by atoms with Gasteiger partial charge < -0.3 is 4.74 Å². The van der Waals surface area contributed by atoms with E-state index in [9.17, 15) is 0 Å². The molecule has 0 saturated carbocycles. The Kier molecular flexibility index (Phi) is 2.45. The van der Waals surface area contributed by atoms with Crippen LogP contribution in [0.4, 0.5) is 0 Å². The largest absolute Gasteiger partial charge is 0.480 e. The van der Waals surface area contributed by atoms with Crippen molar-refractivity contribution in [1.82, 2.24) is 9.97 Å². The minimum atomic E-state index is 0.690. The molecule has 0 bridgehead atoms. The Hall–Kier alpha value is -1.42. The Morgan fingerprint density at radius 2 is 2.21 bits per heavy atom. The average Bonchev–Trinajstić information content (AvgIpc) is 2.61.